The molecule has 214 valence electrons. The molecule has 40 heavy (non-hydrogen) atoms. The molecule has 0 heterocycles. The van der Waals surface area contributed by atoms with Gasteiger partial charge in [-0.3, -0.25) is 13.9 Å². The summed E-state index contributed by atoms with van der Waals surface area (Å²) in [6, 6.07) is 20.6. The Morgan fingerprint density at radius 3 is 2.12 bits per heavy atom. The predicted molar refractivity (Wildman–Crippen MR) is 158 cm³/mol. The van der Waals surface area contributed by atoms with Crippen LogP contribution < -0.4 is 14.4 Å². The lowest BCUT2D eigenvalue weighted by Crippen LogP contribution is -2.53. The number of halogens is 1. The van der Waals surface area contributed by atoms with Crippen LogP contribution in [0.5, 0.6) is 5.75 Å². The molecule has 0 saturated heterocycles. The van der Waals surface area contributed by atoms with Gasteiger partial charge in [0, 0.05) is 17.6 Å². The molecule has 3 aromatic carbocycles. The Balaban J connectivity index is 2.04. The van der Waals surface area contributed by atoms with Gasteiger partial charge in [-0.15, -0.1) is 0 Å². The number of ether oxygens (including phenoxy) is 1. The summed E-state index contributed by atoms with van der Waals surface area (Å²) in [6.07, 6.45) is 0.325. The average Bonchev–Trinajstić information content (AvgIpc) is 2.93. The second kappa shape index (κ2) is 14.2. The van der Waals surface area contributed by atoms with E-state index in [4.69, 9.17) is 16.3 Å². The number of benzene rings is 3. The molecule has 10 heteroatoms. The molecule has 8 nitrogen and oxygen atoms in total. The van der Waals surface area contributed by atoms with E-state index in [1.165, 1.54) is 17.0 Å². The molecule has 0 aliphatic carbocycles. The number of hydrogen-bond donors (Lipinski definition) is 1. The minimum atomic E-state index is -4.16. The Labute approximate surface area is 241 Å². The standard InChI is InChI=1S/C30H36ClN3O5S/c1-5-28(30(36)32-22(3)4)33(20-23-12-10-11-15-27(23)31)29(35)21-34(24-13-8-7-9-14-24)40(37,38)26-18-16-25(17-19-26)39-6-2/h7-19,22,28H,5-6,20-21H2,1-4H3,(H,32,36)/t28-/m1/s1. The number of para-hydroxylation sites is 1. The highest BCUT2D eigenvalue weighted by molar-refractivity contribution is 7.92. The first-order valence-electron chi connectivity index (χ1n) is 13.2. The van der Waals surface area contributed by atoms with Crippen LogP contribution in [0.4, 0.5) is 5.69 Å². The van der Waals surface area contributed by atoms with Crippen molar-refractivity contribution in [2.75, 3.05) is 17.5 Å². The number of amides is 2. The maximum absolute atomic E-state index is 14.0. The van der Waals surface area contributed by atoms with Gasteiger partial charge in [0.25, 0.3) is 10.0 Å². The minimum absolute atomic E-state index is 0.00912. The molecule has 3 rings (SSSR count). The quantitative estimate of drug-likeness (QED) is 0.295. The first kappa shape index (κ1) is 31.0. The summed E-state index contributed by atoms with van der Waals surface area (Å²) in [5.41, 5.74) is 0.969. The molecular formula is C30H36ClN3O5S. The van der Waals surface area contributed by atoms with E-state index < -0.39 is 28.5 Å². The maximum Gasteiger partial charge on any atom is 0.264 e. The van der Waals surface area contributed by atoms with Crippen LogP contribution >= 0.6 is 11.6 Å². The third-order valence-electron chi connectivity index (χ3n) is 6.16. The molecule has 2 amide bonds. The molecule has 0 unspecified atom stereocenters. The van der Waals surface area contributed by atoms with Gasteiger partial charge in [-0.05, 0) is 75.2 Å². The van der Waals surface area contributed by atoms with Crippen LogP contribution in [-0.2, 0) is 26.2 Å². The zero-order valence-corrected chi connectivity index (χ0v) is 24.8. The van der Waals surface area contributed by atoms with Gasteiger partial charge in [0.2, 0.25) is 11.8 Å². The highest BCUT2D eigenvalue weighted by atomic mass is 35.5. The summed E-state index contributed by atoms with van der Waals surface area (Å²) in [5, 5.41) is 3.32. The molecule has 0 aliphatic heterocycles. The molecule has 0 saturated carbocycles. The summed E-state index contributed by atoms with van der Waals surface area (Å²) >= 11 is 6.42. The van der Waals surface area contributed by atoms with Gasteiger partial charge in [0.1, 0.15) is 18.3 Å². The molecule has 1 atom stereocenters. The second-order valence-electron chi connectivity index (χ2n) is 9.45. The third kappa shape index (κ3) is 7.76. The number of nitrogens with one attached hydrogen (secondary N) is 1. The van der Waals surface area contributed by atoms with E-state index in [0.717, 1.165) is 4.31 Å². The summed E-state index contributed by atoms with van der Waals surface area (Å²) in [7, 11) is -4.16. The zero-order valence-electron chi connectivity index (χ0n) is 23.2. The minimum Gasteiger partial charge on any atom is -0.494 e. The topological polar surface area (TPSA) is 96.0 Å². The van der Waals surface area contributed by atoms with Gasteiger partial charge in [-0.2, -0.15) is 0 Å². The van der Waals surface area contributed by atoms with Gasteiger partial charge >= 0.3 is 0 Å². The molecule has 0 fully saturated rings. The first-order chi connectivity index (χ1) is 19.1. The highest BCUT2D eigenvalue weighted by Gasteiger charge is 2.34. The molecule has 0 radical (unpaired) electrons. The number of carbonyl (C=O) groups excluding carboxylic acids is 2. The Morgan fingerprint density at radius 1 is 0.925 bits per heavy atom. The van der Waals surface area contributed by atoms with Gasteiger partial charge in [0.05, 0.1) is 17.2 Å². The predicted octanol–water partition coefficient (Wildman–Crippen LogP) is 5.27. The van der Waals surface area contributed by atoms with Crippen LogP contribution in [0.25, 0.3) is 0 Å². The van der Waals surface area contributed by atoms with E-state index in [9.17, 15) is 18.0 Å². The number of carbonyl (C=O) groups is 2. The fraction of sp³-hybridized carbons (Fsp3) is 0.333. The zero-order chi connectivity index (χ0) is 29.3. The van der Waals surface area contributed by atoms with Crippen molar-refractivity contribution in [3.8, 4) is 5.75 Å². The molecule has 1 N–H and O–H groups in total. The normalized spacial score (nSPS) is 12.1. The monoisotopic (exact) mass is 585 g/mol. The van der Waals surface area contributed by atoms with E-state index >= 15 is 0 Å². The lowest BCUT2D eigenvalue weighted by Gasteiger charge is -2.33. The van der Waals surface area contributed by atoms with Gasteiger partial charge in [0.15, 0.2) is 0 Å². The van der Waals surface area contributed by atoms with E-state index in [2.05, 4.69) is 5.32 Å². The number of rotatable bonds is 13. The second-order valence-corrected chi connectivity index (χ2v) is 11.7. The summed E-state index contributed by atoms with van der Waals surface area (Å²) in [5.74, 6) is -0.320. The Morgan fingerprint density at radius 2 is 1.55 bits per heavy atom. The summed E-state index contributed by atoms with van der Waals surface area (Å²) in [4.78, 5) is 28.6. The van der Waals surface area contributed by atoms with E-state index in [-0.39, 0.29) is 23.4 Å². The number of anilines is 1. The fourth-order valence-corrected chi connectivity index (χ4v) is 5.84. The first-order valence-corrected chi connectivity index (χ1v) is 15.0. The van der Waals surface area contributed by atoms with Crippen LogP contribution in [0, 0.1) is 0 Å². The lowest BCUT2D eigenvalue weighted by atomic mass is 10.1. The number of sulfonamides is 1. The van der Waals surface area contributed by atoms with Crippen LogP contribution in [0.1, 0.15) is 39.7 Å². The van der Waals surface area contributed by atoms with Gasteiger partial charge in [-0.1, -0.05) is 54.9 Å². The Bertz CT molecular complexity index is 1380. The van der Waals surface area contributed by atoms with Crippen LogP contribution in [-0.4, -0.2) is 50.4 Å². The highest BCUT2D eigenvalue weighted by Crippen LogP contribution is 2.26. The molecular weight excluding hydrogens is 550 g/mol. The van der Waals surface area contributed by atoms with Crippen molar-refractivity contribution in [3.05, 3.63) is 89.4 Å². The van der Waals surface area contributed by atoms with Gasteiger partial charge < -0.3 is 15.0 Å². The molecule has 0 spiro atoms. The van der Waals surface area contributed by atoms with Crippen LogP contribution in [0.2, 0.25) is 5.02 Å². The van der Waals surface area contributed by atoms with Crippen molar-refractivity contribution in [3.63, 3.8) is 0 Å². The lowest BCUT2D eigenvalue weighted by molar-refractivity contribution is -0.140. The molecule has 0 aromatic heterocycles. The Kier molecular flexibility index (Phi) is 11.0. The maximum atomic E-state index is 14.0. The summed E-state index contributed by atoms with van der Waals surface area (Å²) < 4.78 is 34.3. The number of nitrogens with zero attached hydrogens (tertiary/aromatic N) is 2. The van der Waals surface area contributed by atoms with Gasteiger partial charge in [-0.25, -0.2) is 8.42 Å². The van der Waals surface area contributed by atoms with Crippen molar-refractivity contribution in [2.45, 2.75) is 57.6 Å². The smallest absolute Gasteiger partial charge is 0.264 e. The largest absolute Gasteiger partial charge is 0.494 e. The Hall–Kier alpha value is -3.56. The van der Waals surface area contributed by atoms with Crippen molar-refractivity contribution in [1.29, 1.82) is 0 Å². The van der Waals surface area contributed by atoms with Crippen molar-refractivity contribution in [2.24, 2.45) is 0 Å². The van der Waals surface area contributed by atoms with Crippen molar-refractivity contribution in [1.82, 2.24) is 10.2 Å². The van der Waals surface area contributed by atoms with E-state index in [1.807, 2.05) is 27.7 Å². The summed E-state index contributed by atoms with van der Waals surface area (Å²) in [6.45, 7) is 7.29. The molecule has 0 bridgehead atoms. The fourth-order valence-electron chi connectivity index (χ4n) is 4.24. The third-order valence-corrected chi connectivity index (χ3v) is 8.32. The van der Waals surface area contributed by atoms with E-state index in [1.54, 1.807) is 66.7 Å². The van der Waals surface area contributed by atoms with E-state index in [0.29, 0.717) is 35.1 Å². The number of hydrogen-bond acceptors (Lipinski definition) is 5. The van der Waals surface area contributed by atoms with Crippen molar-refractivity contribution >= 4 is 39.1 Å². The average molecular weight is 586 g/mol. The van der Waals surface area contributed by atoms with Crippen molar-refractivity contribution < 1.29 is 22.7 Å². The van der Waals surface area contributed by atoms with Crippen LogP contribution in [0.3, 0.4) is 0 Å². The molecule has 3 aromatic rings. The van der Waals surface area contributed by atoms with Crippen LogP contribution in [0.15, 0.2) is 83.8 Å². The molecule has 0 aliphatic rings. The SMILES string of the molecule is CCOc1ccc(S(=O)(=O)N(CC(=O)N(Cc2ccccc2Cl)[C@H](CC)C(=O)NC(C)C)c2ccccc2)cc1.